The number of hydrogen-bond acceptors (Lipinski definition) is 2. The minimum atomic E-state index is 0.167. The Balaban J connectivity index is 2.09. The largest absolute Gasteiger partial charge is 0.337 e. The van der Waals surface area contributed by atoms with Crippen molar-refractivity contribution in [2.45, 2.75) is 32.2 Å². The molecule has 0 radical (unpaired) electrons. The van der Waals surface area contributed by atoms with Gasteiger partial charge in [-0.25, -0.2) is 0 Å². The lowest BCUT2D eigenvalue weighted by Gasteiger charge is -2.26. The highest BCUT2D eigenvalue weighted by Crippen LogP contribution is 2.16. The number of nitrogens with zero attached hydrogens (tertiary/aromatic N) is 1. The third kappa shape index (κ3) is 3.92. The van der Waals surface area contributed by atoms with Crippen LogP contribution in [0.15, 0.2) is 24.3 Å². The van der Waals surface area contributed by atoms with Crippen molar-refractivity contribution in [2.75, 3.05) is 19.6 Å². The first-order chi connectivity index (χ1) is 9.22. The van der Waals surface area contributed by atoms with Crippen LogP contribution in [0, 0.1) is 3.57 Å². The number of benzene rings is 1. The van der Waals surface area contributed by atoms with E-state index in [1.165, 1.54) is 12.8 Å². The number of carbonyl (C=O) groups is 1. The van der Waals surface area contributed by atoms with Crippen molar-refractivity contribution in [3.8, 4) is 0 Å². The van der Waals surface area contributed by atoms with Crippen LogP contribution in [0.1, 0.15) is 36.5 Å². The molecule has 1 saturated heterocycles. The minimum Gasteiger partial charge on any atom is -0.337 e. The average molecular weight is 372 g/mol. The van der Waals surface area contributed by atoms with E-state index in [0.717, 1.165) is 35.2 Å². The Labute approximate surface area is 128 Å². The highest BCUT2D eigenvalue weighted by molar-refractivity contribution is 14.1. The third-order valence-electron chi connectivity index (χ3n) is 3.49. The van der Waals surface area contributed by atoms with Gasteiger partial charge >= 0.3 is 0 Å². The van der Waals surface area contributed by atoms with E-state index in [-0.39, 0.29) is 5.91 Å². The highest BCUT2D eigenvalue weighted by atomic mass is 127. The fourth-order valence-corrected chi connectivity index (χ4v) is 3.15. The maximum absolute atomic E-state index is 12.6. The van der Waals surface area contributed by atoms with Crippen LogP contribution in [0.4, 0.5) is 0 Å². The molecular weight excluding hydrogens is 351 g/mol. The molecule has 1 aromatic rings. The maximum atomic E-state index is 12.6. The Kier molecular flexibility index (Phi) is 5.63. The molecule has 1 heterocycles. The van der Waals surface area contributed by atoms with Crippen LogP contribution in [0.2, 0.25) is 0 Å². The standard InChI is InChI=1S/C15H21IN2O/c1-2-10-18(11-12-6-5-9-17-12)15(19)13-7-3-4-8-14(13)16/h3-4,7-8,12,17H,2,5-6,9-11H2,1H3. The first-order valence-corrected chi connectivity index (χ1v) is 8.07. The Morgan fingerprint density at radius 1 is 1.47 bits per heavy atom. The summed E-state index contributed by atoms with van der Waals surface area (Å²) < 4.78 is 1.03. The van der Waals surface area contributed by atoms with Gasteiger partial charge in [0.1, 0.15) is 0 Å². The van der Waals surface area contributed by atoms with Gasteiger partial charge in [-0.1, -0.05) is 19.1 Å². The van der Waals surface area contributed by atoms with Crippen LogP contribution < -0.4 is 5.32 Å². The smallest absolute Gasteiger partial charge is 0.254 e. The van der Waals surface area contributed by atoms with Gasteiger partial charge in [0.2, 0.25) is 0 Å². The van der Waals surface area contributed by atoms with Gasteiger partial charge in [0, 0.05) is 22.7 Å². The Morgan fingerprint density at radius 2 is 2.26 bits per heavy atom. The summed E-state index contributed by atoms with van der Waals surface area (Å²) in [6.07, 6.45) is 3.41. The molecule has 2 rings (SSSR count). The zero-order chi connectivity index (χ0) is 13.7. The predicted octanol–water partition coefficient (Wildman–Crippen LogP) is 2.90. The van der Waals surface area contributed by atoms with Crippen molar-refractivity contribution in [2.24, 2.45) is 0 Å². The summed E-state index contributed by atoms with van der Waals surface area (Å²) in [5.41, 5.74) is 0.828. The second kappa shape index (κ2) is 7.24. The molecule has 0 spiro atoms. The van der Waals surface area contributed by atoms with E-state index in [9.17, 15) is 4.79 Å². The van der Waals surface area contributed by atoms with Crippen molar-refractivity contribution in [1.82, 2.24) is 10.2 Å². The first kappa shape index (κ1) is 14.8. The van der Waals surface area contributed by atoms with Crippen molar-refractivity contribution in [1.29, 1.82) is 0 Å². The van der Waals surface area contributed by atoms with Gasteiger partial charge in [-0.3, -0.25) is 4.79 Å². The van der Waals surface area contributed by atoms with E-state index < -0.39 is 0 Å². The van der Waals surface area contributed by atoms with Crippen molar-refractivity contribution >= 4 is 28.5 Å². The molecule has 104 valence electrons. The van der Waals surface area contributed by atoms with Crippen LogP contribution in [0.3, 0.4) is 0 Å². The monoisotopic (exact) mass is 372 g/mol. The second-order valence-corrected chi connectivity index (χ2v) is 6.19. The molecule has 1 atom stereocenters. The Morgan fingerprint density at radius 3 is 2.89 bits per heavy atom. The Bertz CT molecular complexity index is 430. The first-order valence-electron chi connectivity index (χ1n) is 6.99. The highest BCUT2D eigenvalue weighted by Gasteiger charge is 2.22. The SMILES string of the molecule is CCCN(CC1CCCN1)C(=O)c1ccccc1I. The summed E-state index contributed by atoms with van der Waals surface area (Å²) in [5.74, 6) is 0.167. The summed E-state index contributed by atoms with van der Waals surface area (Å²) >= 11 is 2.24. The van der Waals surface area contributed by atoms with E-state index in [4.69, 9.17) is 0 Å². The van der Waals surface area contributed by atoms with Gasteiger partial charge in [0.05, 0.1) is 5.56 Å². The second-order valence-electron chi connectivity index (χ2n) is 5.02. The Hall–Kier alpha value is -0.620. The molecule has 19 heavy (non-hydrogen) atoms. The maximum Gasteiger partial charge on any atom is 0.254 e. The van der Waals surface area contributed by atoms with Crippen LogP contribution in [-0.4, -0.2) is 36.5 Å². The lowest BCUT2D eigenvalue weighted by atomic mass is 10.1. The van der Waals surface area contributed by atoms with Gasteiger partial charge in [-0.2, -0.15) is 0 Å². The minimum absolute atomic E-state index is 0.167. The van der Waals surface area contributed by atoms with Crippen molar-refractivity contribution in [3.05, 3.63) is 33.4 Å². The summed E-state index contributed by atoms with van der Waals surface area (Å²) in [7, 11) is 0. The molecule has 1 fully saturated rings. The average Bonchev–Trinajstić information content (AvgIpc) is 2.91. The number of rotatable bonds is 5. The zero-order valence-electron chi connectivity index (χ0n) is 11.4. The quantitative estimate of drug-likeness (QED) is 0.807. The molecule has 1 unspecified atom stereocenters. The normalized spacial score (nSPS) is 18.5. The molecule has 1 aliphatic rings. The number of nitrogens with one attached hydrogen (secondary N) is 1. The lowest BCUT2D eigenvalue weighted by Crippen LogP contribution is -2.41. The molecule has 0 aliphatic carbocycles. The van der Waals surface area contributed by atoms with Crippen LogP contribution in [-0.2, 0) is 0 Å². The fraction of sp³-hybridized carbons (Fsp3) is 0.533. The van der Waals surface area contributed by atoms with Gasteiger partial charge < -0.3 is 10.2 Å². The van der Waals surface area contributed by atoms with Gasteiger partial charge in [-0.05, 0) is 60.5 Å². The van der Waals surface area contributed by atoms with Crippen LogP contribution in [0.5, 0.6) is 0 Å². The molecule has 1 aliphatic heterocycles. The molecule has 1 aromatic carbocycles. The summed E-state index contributed by atoms with van der Waals surface area (Å²) in [5, 5.41) is 3.47. The predicted molar refractivity (Wildman–Crippen MR) is 86.4 cm³/mol. The van der Waals surface area contributed by atoms with Gasteiger partial charge in [0.25, 0.3) is 5.91 Å². The third-order valence-corrected chi connectivity index (χ3v) is 4.43. The molecule has 1 amide bonds. The molecule has 3 nitrogen and oxygen atoms in total. The van der Waals surface area contributed by atoms with Gasteiger partial charge in [0.15, 0.2) is 0 Å². The molecule has 0 aromatic heterocycles. The van der Waals surface area contributed by atoms with E-state index in [1.807, 2.05) is 29.2 Å². The number of halogens is 1. The number of hydrogen-bond donors (Lipinski definition) is 1. The topological polar surface area (TPSA) is 32.3 Å². The van der Waals surface area contributed by atoms with Crippen LogP contribution >= 0.6 is 22.6 Å². The van der Waals surface area contributed by atoms with Crippen molar-refractivity contribution < 1.29 is 4.79 Å². The molecule has 0 saturated carbocycles. The molecule has 1 N–H and O–H groups in total. The number of amides is 1. The molecule has 0 bridgehead atoms. The summed E-state index contributed by atoms with van der Waals surface area (Å²) in [4.78, 5) is 14.6. The summed E-state index contributed by atoms with van der Waals surface area (Å²) in [6.45, 7) is 4.87. The van der Waals surface area contributed by atoms with E-state index in [2.05, 4.69) is 34.8 Å². The van der Waals surface area contributed by atoms with E-state index in [0.29, 0.717) is 6.04 Å². The van der Waals surface area contributed by atoms with E-state index >= 15 is 0 Å². The van der Waals surface area contributed by atoms with Crippen molar-refractivity contribution in [3.63, 3.8) is 0 Å². The van der Waals surface area contributed by atoms with E-state index in [1.54, 1.807) is 0 Å². The van der Waals surface area contributed by atoms with Crippen LogP contribution in [0.25, 0.3) is 0 Å². The zero-order valence-corrected chi connectivity index (χ0v) is 13.5. The fourth-order valence-electron chi connectivity index (χ4n) is 2.53. The molecular formula is C15H21IN2O. The summed E-state index contributed by atoms with van der Waals surface area (Å²) in [6, 6.07) is 8.30. The van der Waals surface area contributed by atoms with Gasteiger partial charge in [-0.15, -0.1) is 0 Å². The number of carbonyl (C=O) groups excluding carboxylic acids is 1. The molecule has 4 heteroatoms. The lowest BCUT2D eigenvalue weighted by molar-refractivity contribution is 0.0741.